The number of halogens is 3. The van der Waals surface area contributed by atoms with E-state index < -0.39 is 56.8 Å². The molecule has 0 spiro atoms. The lowest BCUT2D eigenvalue weighted by atomic mass is 9.71. The molecule has 516 valence electrons. The average molecular weight is 1360 g/mol. The maximum Gasteiger partial charge on any atom is 0.416 e. The molecule has 10 rings (SSSR count). The van der Waals surface area contributed by atoms with Gasteiger partial charge in [0.2, 0.25) is 0 Å². The number of carbonyl (C=O) groups is 2. The van der Waals surface area contributed by atoms with E-state index >= 15 is 0 Å². The molecule has 1 saturated carbocycles. The van der Waals surface area contributed by atoms with Gasteiger partial charge in [-0.1, -0.05) is 233 Å². The number of alkyl halides is 3. The maximum atomic E-state index is 12.8. The molecule has 2 heterocycles. The number of anilines is 1. The van der Waals surface area contributed by atoms with Crippen molar-refractivity contribution in [1.29, 1.82) is 0 Å². The van der Waals surface area contributed by atoms with Crippen LogP contribution in [0.15, 0.2) is 164 Å². The third kappa shape index (κ3) is 27.2. The highest BCUT2D eigenvalue weighted by Crippen LogP contribution is 2.41. The number of nitrogens with zero attached hydrogens (tertiary/aromatic N) is 1. The fraction of sp³-hybridized carbons (Fsp3) is 0.436. The lowest BCUT2D eigenvalue weighted by molar-refractivity contribution is -0.137. The Morgan fingerprint density at radius 2 is 0.842 bits per heavy atom. The zero-order chi connectivity index (χ0) is 70.1. The Morgan fingerprint density at radius 3 is 1.22 bits per heavy atom. The Labute approximate surface area is 571 Å². The Morgan fingerprint density at radius 1 is 0.495 bits per heavy atom. The van der Waals surface area contributed by atoms with Crippen LogP contribution in [0.25, 0.3) is 0 Å². The van der Waals surface area contributed by atoms with Crippen LogP contribution in [0.2, 0.25) is 0 Å². The molecule has 7 aromatic rings. The van der Waals surface area contributed by atoms with Gasteiger partial charge in [0, 0.05) is 28.6 Å². The fourth-order valence-corrected chi connectivity index (χ4v) is 11.0. The zero-order valence-electron chi connectivity index (χ0n) is 57.5. The van der Waals surface area contributed by atoms with Crippen LogP contribution < -0.4 is 9.64 Å². The molecule has 7 aromatic carbocycles. The molecule has 0 bridgehead atoms. The summed E-state index contributed by atoms with van der Waals surface area (Å²) < 4.78 is 108. The van der Waals surface area contributed by atoms with Gasteiger partial charge in [0.25, 0.3) is 11.8 Å². The molecular weight excluding hydrogens is 1260 g/mol. The molecule has 1 saturated heterocycles. The molecule has 0 aromatic heterocycles. The minimum atomic E-state index is -4.48. The van der Waals surface area contributed by atoms with Crippen LogP contribution in [-0.2, 0) is 82.7 Å². The number of rotatable bonds is 16. The first kappa shape index (κ1) is 79.3. The molecular formula is C78H97F3NO10S3-3. The maximum absolute atomic E-state index is 12.8. The summed E-state index contributed by atoms with van der Waals surface area (Å²) in [6, 6.07) is 53.2. The molecule has 0 N–H and O–H groups in total. The smallest absolute Gasteiger partial charge is 0.416 e. The summed E-state index contributed by atoms with van der Waals surface area (Å²) in [5.41, 5.74) is 13.0. The summed E-state index contributed by atoms with van der Waals surface area (Å²) >= 11 is -5.60. The number of aryl methyl sites for hydroxylation is 9. The largest absolute Gasteiger partial charge is 0.772 e. The summed E-state index contributed by atoms with van der Waals surface area (Å²) in [5, 5.41) is -0.694. The van der Waals surface area contributed by atoms with Crippen LogP contribution >= 0.6 is 0 Å². The van der Waals surface area contributed by atoms with Crippen molar-refractivity contribution >= 4 is 50.7 Å². The number of amides is 2. The van der Waals surface area contributed by atoms with Crippen molar-refractivity contribution in [2.75, 3.05) is 4.90 Å². The third-order valence-corrected chi connectivity index (χ3v) is 19.3. The van der Waals surface area contributed by atoms with Crippen LogP contribution in [0.3, 0.4) is 0 Å². The van der Waals surface area contributed by atoms with E-state index in [0.29, 0.717) is 6.42 Å². The van der Waals surface area contributed by atoms with Crippen molar-refractivity contribution in [3.63, 3.8) is 0 Å². The Kier molecular flexibility index (Phi) is 32.6. The highest BCUT2D eigenvalue weighted by Gasteiger charge is 2.38. The van der Waals surface area contributed by atoms with E-state index in [9.17, 15) is 49.0 Å². The molecule has 11 nitrogen and oxygen atoms in total. The van der Waals surface area contributed by atoms with E-state index in [0.717, 1.165) is 103 Å². The summed E-state index contributed by atoms with van der Waals surface area (Å²) in [4.78, 5) is 26.5. The lowest BCUT2D eigenvalue weighted by Crippen LogP contribution is -2.35. The molecule has 0 radical (unpaired) electrons. The van der Waals surface area contributed by atoms with E-state index in [-0.39, 0.29) is 50.9 Å². The minimum Gasteiger partial charge on any atom is -0.772 e. The van der Waals surface area contributed by atoms with Crippen molar-refractivity contribution in [2.24, 2.45) is 11.8 Å². The number of hydrogen-bond donors (Lipinski definition) is 0. The van der Waals surface area contributed by atoms with Crippen molar-refractivity contribution in [3.8, 4) is 5.75 Å². The predicted molar refractivity (Wildman–Crippen MR) is 378 cm³/mol. The summed E-state index contributed by atoms with van der Waals surface area (Å²) in [7, 11) is 0. The Balaban J connectivity index is 0.000000229. The first-order chi connectivity index (χ1) is 44.9. The minimum absolute atomic E-state index is 0.121. The predicted octanol–water partition coefficient (Wildman–Crippen LogP) is 17.9. The normalized spacial score (nSPS) is 19.2. The first-order valence-corrected chi connectivity index (χ1v) is 36.4. The summed E-state index contributed by atoms with van der Waals surface area (Å²) in [6.45, 7) is 25.2. The highest BCUT2D eigenvalue weighted by atomic mass is 32.2. The van der Waals surface area contributed by atoms with E-state index in [4.69, 9.17) is 9.47 Å². The van der Waals surface area contributed by atoms with Crippen molar-refractivity contribution in [3.05, 3.63) is 236 Å². The molecule has 2 amide bonds. The van der Waals surface area contributed by atoms with Crippen LogP contribution in [0.5, 0.6) is 5.75 Å². The van der Waals surface area contributed by atoms with Gasteiger partial charge in [-0.2, -0.15) is 13.2 Å². The van der Waals surface area contributed by atoms with E-state index in [2.05, 4.69) is 151 Å². The van der Waals surface area contributed by atoms with Crippen molar-refractivity contribution < 1.29 is 58.5 Å². The van der Waals surface area contributed by atoms with Crippen LogP contribution in [0.1, 0.15) is 189 Å². The number of imide groups is 1. The van der Waals surface area contributed by atoms with Crippen LogP contribution in [0.4, 0.5) is 18.9 Å². The number of fused-ring (bicyclic) bond motifs is 1. The molecule has 8 atom stereocenters. The van der Waals surface area contributed by atoms with Gasteiger partial charge in [-0.3, -0.25) is 22.2 Å². The number of carbonyl (C=O) groups excluding carboxylic acids is 2. The van der Waals surface area contributed by atoms with Gasteiger partial charge in [0.1, 0.15) is 11.9 Å². The fourth-order valence-electron chi connectivity index (χ4n) is 11.0. The zero-order valence-corrected chi connectivity index (χ0v) is 59.9. The third-order valence-electron chi connectivity index (χ3n) is 17.0. The van der Waals surface area contributed by atoms with E-state index in [1.165, 1.54) is 63.8 Å². The number of hydrogen-bond acceptors (Lipinski definition) is 10. The molecule has 95 heavy (non-hydrogen) atoms. The number of benzene rings is 7. The second-order valence-electron chi connectivity index (χ2n) is 26.0. The Hall–Kier alpha value is -6.44. The first-order valence-electron chi connectivity index (χ1n) is 33.0. The second-order valence-corrected chi connectivity index (χ2v) is 30.4. The van der Waals surface area contributed by atoms with Crippen molar-refractivity contribution in [2.45, 2.75) is 207 Å². The van der Waals surface area contributed by atoms with Crippen LogP contribution in [-0.4, -0.2) is 72.2 Å². The quantitative estimate of drug-likeness (QED) is 0.0668. The molecule has 17 heteroatoms. The molecule has 2 fully saturated rings. The van der Waals surface area contributed by atoms with Gasteiger partial charge in [-0.25, -0.2) is 4.90 Å². The monoisotopic (exact) mass is 1360 g/mol. The van der Waals surface area contributed by atoms with Gasteiger partial charge in [0.15, 0.2) is 0 Å². The van der Waals surface area contributed by atoms with E-state index in [1.807, 2.05) is 25.1 Å². The van der Waals surface area contributed by atoms with Gasteiger partial charge < -0.3 is 23.1 Å². The van der Waals surface area contributed by atoms with Gasteiger partial charge in [-0.15, -0.1) is 0 Å². The van der Waals surface area contributed by atoms with E-state index in [1.54, 1.807) is 59.2 Å². The molecule has 1 aliphatic carbocycles. The topological polar surface area (TPSA) is 176 Å². The van der Waals surface area contributed by atoms with Crippen molar-refractivity contribution in [1.82, 2.24) is 0 Å². The standard InChI is InChI=1S/C24H18F3NO2.C23H30.C22H28O2.3C3H8O2S/c1-15-2-4-16(5-3-15)6-7-17-8-13-20-21(14-17)23(30)28(22(20)29)19-11-9-18(10-12-19)24(25,26)27;1-17-7-9-20(10-8-17)11-12-21-13-15-22(16-14-21)23-6-4-5-18(2)19(23)3;1-16-4-6-19(7-5-16)8-9-20-10-12-21(13-11-20)24-22-14-17(2)23-18(3)15-22;3*1-3(2)6(4)5/h2-5,8-14H,6-7H2,1H3;7-10,13-16,18-19,23H,4-6,11-12H2,1-3H3;4-7,10-13,17-18,22H,8-9,14-15H2,1-3H3;3*3H,1-2H3,(H,4,5)/p-3. The lowest BCUT2D eigenvalue weighted by Gasteiger charge is -2.34. The van der Waals surface area contributed by atoms with Gasteiger partial charge in [-0.05, 0) is 185 Å². The summed E-state index contributed by atoms with van der Waals surface area (Å²) in [5.74, 6) is 2.38. The Bertz CT molecular complexity index is 3470. The number of ether oxygens (including phenoxy) is 2. The van der Waals surface area contributed by atoms with Gasteiger partial charge in [0.05, 0.1) is 34.6 Å². The molecule has 8 unspecified atom stereocenters. The molecule has 3 aliphatic rings. The second kappa shape index (κ2) is 39.1. The van der Waals surface area contributed by atoms with Crippen LogP contribution in [0, 0.1) is 32.6 Å². The summed E-state index contributed by atoms with van der Waals surface area (Å²) in [6.07, 6.45) is 8.39. The molecule has 2 aliphatic heterocycles. The SMILES string of the molecule is CC(C)S(=O)[O-].CC(C)S(=O)[O-].CC(C)S(=O)[O-].Cc1ccc(CCc2ccc(C3CCCC(C)C3C)cc2)cc1.Cc1ccc(CCc2ccc(OC3CC(C)OC(C)C3)cc2)cc1.Cc1ccc(CCc2ccc3c(c2)C(=O)N(c2ccc(C(F)(F)F)cc2)C3=O)cc1. The average Bonchev–Trinajstić information content (AvgIpc) is 1.62. The van der Waals surface area contributed by atoms with Gasteiger partial charge >= 0.3 is 6.18 Å². The highest BCUT2D eigenvalue weighted by molar-refractivity contribution is 7.80.